The second-order valence-electron chi connectivity index (χ2n) is 7.50. The van der Waals surface area contributed by atoms with E-state index in [1.165, 1.54) is 0 Å². The number of hydrogen-bond donors (Lipinski definition) is 0. The molecule has 1 atom stereocenters. The number of hydrogen-bond acceptors (Lipinski definition) is 5. The van der Waals surface area contributed by atoms with Gasteiger partial charge in [0, 0.05) is 50.4 Å². The maximum absolute atomic E-state index is 12.5. The Bertz CT molecular complexity index is 967. The molecule has 3 aromatic rings. The number of carbonyl (C=O) groups is 1. The minimum atomic E-state index is -0.256. The van der Waals surface area contributed by atoms with Crippen LogP contribution in [-0.2, 0) is 11.3 Å². The monoisotopic (exact) mass is 365 g/mol. The third-order valence-corrected chi connectivity index (χ3v) is 5.57. The second kappa shape index (κ2) is 6.55. The summed E-state index contributed by atoms with van der Waals surface area (Å²) in [7, 11) is 2.14. The highest BCUT2D eigenvalue weighted by Crippen LogP contribution is 2.32. The van der Waals surface area contributed by atoms with E-state index in [4.69, 9.17) is 9.15 Å². The van der Waals surface area contributed by atoms with Crippen LogP contribution in [0.15, 0.2) is 46.9 Å². The van der Waals surface area contributed by atoms with Gasteiger partial charge >= 0.3 is 5.97 Å². The van der Waals surface area contributed by atoms with E-state index in [1.54, 1.807) is 6.07 Å². The fraction of sp³-hybridized carbons (Fsp3) is 0.381. The molecule has 1 unspecified atom stereocenters. The van der Waals surface area contributed by atoms with Gasteiger partial charge in [0.2, 0.25) is 0 Å². The Morgan fingerprint density at radius 1 is 1.07 bits per heavy atom. The van der Waals surface area contributed by atoms with Gasteiger partial charge < -0.3 is 18.6 Å². The maximum Gasteiger partial charge on any atom is 0.355 e. The number of nitrogens with zero attached hydrogens (tertiary/aromatic N) is 3. The number of fused-ring (bicyclic) bond motifs is 3. The van der Waals surface area contributed by atoms with Crippen LogP contribution in [0.4, 0.5) is 0 Å². The molecule has 5 rings (SSSR count). The molecule has 0 aliphatic carbocycles. The van der Waals surface area contributed by atoms with Crippen molar-refractivity contribution in [2.24, 2.45) is 0 Å². The molecule has 2 aliphatic heterocycles. The lowest BCUT2D eigenvalue weighted by molar-refractivity contribution is 0.00143. The molecule has 0 N–H and O–H groups in total. The summed E-state index contributed by atoms with van der Waals surface area (Å²) >= 11 is 0. The van der Waals surface area contributed by atoms with Crippen LogP contribution in [0.25, 0.3) is 22.4 Å². The average molecular weight is 365 g/mol. The summed E-state index contributed by atoms with van der Waals surface area (Å²) in [5.74, 6) is 0.568. The number of aromatic nitrogens is 1. The first-order valence-electron chi connectivity index (χ1n) is 9.48. The lowest BCUT2D eigenvalue weighted by atomic mass is 10.2. The summed E-state index contributed by atoms with van der Waals surface area (Å²) in [4.78, 5) is 17.2. The van der Waals surface area contributed by atoms with Gasteiger partial charge in [-0.05, 0) is 7.05 Å². The number of carbonyl (C=O) groups excluding carboxylic acids is 1. The Labute approximate surface area is 157 Å². The van der Waals surface area contributed by atoms with Gasteiger partial charge in [0.1, 0.15) is 17.6 Å². The van der Waals surface area contributed by atoms with Crippen molar-refractivity contribution in [3.63, 3.8) is 0 Å². The molecule has 0 bridgehead atoms. The molecular formula is C21H23N3O3. The highest BCUT2D eigenvalue weighted by atomic mass is 16.5. The number of cyclic esters (lactones) is 1. The first kappa shape index (κ1) is 16.6. The molecule has 1 saturated heterocycles. The van der Waals surface area contributed by atoms with Crippen LogP contribution >= 0.6 is 0 Å². The Kier molecular flexibility index (Phi) is 4.02. The fourth-order valence-electron chi connectivity index (χ4n) is 4.02. The van der Waals surface area contributed by atoms with Gasteiger partial charge in [-0.25, -0.2) is 4.79 Å². The van der Waals surface area contributed by atoms with Crippen molar-refractivity contribution >= 4 is 17.1 Å². The fourth-order valence-corrected chi connectivity index (χ4v) is 4.02. The zero-order valence-electron chi connectivity index (χ0n) is 15.4. The standard InChI is InChI=1S/C21H23N3O3/c1-22-7-9-23(10-8-22)13-16-14-24-17-11-19(15-5-3-2-4-6-15)27-20(17)12-18(24)21(25)26-16/h2-6,11-12,16H,7-10,13-14H2,1H3. The summed E-state index contributed by atoms with van der Waals surface area (Å²) in [6.45, 7) is 5.60. The smallest absolute Gasteiger partial charge is 0.355 e. The van der Waals surface area contributed by atoms with Crippen molar-refractivity contribution in [3.8, 4) is 11.3 Å². The molecule has 2 aromatic heterocycles. The van der Waals surface area contributed by atoms with Crippen molar-refractivity contribution in [1.82, 2.24) is 14.4 Å². The molecule has 0 spiro atoms. The number of furan rings is 1. The van der Waals surface area contributed by atoms with E-state index in [1.807, 2.05) is 36.4 Å². The minimum Gasteiger partial charge on any atom is -0.454 e. The predicted octanol–water partition coefficient (Wildman–Crippen LogP) is 2.69. The topological polar surface area (TPSA) is 50.9 Å². The quantitative estimate of drug-likeness (QED) is 0.668. The van der Waals surface area contributed by atoms with Crippen LogP contribution in [0, 0.1) is 0 Å². The number of rotatable bonds is 3. The largest absolute Gasteiger partial charge is 0.454 e. The predicted molar refractivity (Wildman–Crippen MR) is 103 cm³/mol. The molecule has 1 aromatic carbocycles. The highest BCUT2D eigenvalue weighted by Gasteiger charge is 2.31. The van der Waals surface area contributed by atoms with Gasteiger partial charge in [-0.2, -0.15) is 0 Å². The number of likely N-dealkylation sites (N-methyl/N-ethyl adjacent to an activating group) is 1. The second-order valence-corrected chi connectivity index (χ2v) is 7.50. The van der Waals surface area contributed by atoms with Gasteiger partial charge in [-0.3, -0.25) is 4.90 Å². The van der Waals surface area contributed by atoms with Crippen molar-refractivity contribution in [2.45, 2.75) is 12.6 Å². The van der Waals surface area contributed by atoms with Gasteiger partial charge in [-0.1, -0.05) is 30.3 Å². The van der Waals surface area contributed by atoms with Crippen LogP contribution in [0.5, 0.6) is 0 Å². The normalized spacial score (nSPS) is 21.4. The van der Waals surface area contributed by atoms with Crippen molar-refractivity contribution in [2.75, 3.05) is 39.8 Å². The number of ether oxygens (including phenoxy) is 1. The molecule has 6 heteroatoms. The molecule has 0 amide bonds. The van der Waals surface area contributed by atoms with E-state index >= 15 is 0 Å². The third kappa shape index (κ3) is 3.05. The van der Waals surface area contributed by atoms with Gasteiger partial charge in [-0.15, -0.1) is 0 Å². The molecular weight excluding hydrogens is 342 g/mol. The van der Waals surface area contributed by atoms with E-state index < -0.39 is 0 Å². The van der Waals surface area contributed by atoms with Gasteiger partial charge in [0.05, 0.1) is 12.1 Å². The summed E-state index contributed by atoms with van der Waals surface area (Å²) in [6.07, 6.45) is -0.126. The lowest BCUT2D eigenvalue weighted by Gasteiger charge is -2.35. The SMILES string of the molecule is CN1CCN(CC2Cn3c(cc4oc(-c5ccccc5)cc43)C(=O)O2)CC1. The van der Waals surface area contributed by atoms with Crippen molar-refractivity contribution < 1.29 is 13.9 Å². The van der Waals surface area contributed by atoms with Crippen LogP contribution in [0.1, 0.15) is 10.5 Å². The average Bonchev–Trinajstić information content (AvgIpc) is 3.24. The van der Waals surface area contributed by atoms with Crippen molar-refractivity contribution in [1.29, 1.82) is 0 Å². The molecule has 0 saturated carbocycles. The van der Waals surface area contributed by atoms with E-state index in [-0.39, 0.29) is 12.1 Å². The molecule has 4 heterocycles. The van der Waals surface area contributed by atoms with E-state index in [0.29, 0.717) is 12.2 Å². The summed E-state index contributed by atoms with van der Waals surface area (Å²) in [5.41, 5.74) is 3.32. The molecule has 27 heavy (non-hydrogen) atoms. The summed E-state index contributed by atoms with van der Waals surface area (Å²) in [6, 6.07) is 13.9. The Balaban J connectivity index is 1.41. The number of piperazine rings is 1. The van der Waals surface area contributed by atoms with E-state index in [2.05, 4.69) is 21.4 Å². The molecule has 6 nitrogen and oxygen atoms in total. The van der Waals surface area contributed by atoms with Gasteiger partial charge in [0.25, 0.3) is 0 Å². The van der Waals surface area contributed by atoms with Crippen LogP contribution in [0.3, 0.4) is 0 Å². The summed E-state index contributed by atoms with van der Waals surface area (Å²) in [5, 5.41) is 0. The van der Waals surface area contributed by atoms with Crippen LogP contribution in [-0.4, -0.2) is 66.2 Å². The zero-order chi connectivity index (χ0) is 18.4. The minimum absolute atomic E-state index is 0.126. The number of benzene rings is 1. The molecule has 2 aliphatic rings. The first-order chi connectivity index (χ1) is 13.2. The highest BCUT2D eigenvalue weighted by molar-refractivity contribution is 5.95. The Hall–Kier alpha value is -2.57. The third-order valence-electron chi connectivity index (χ3n) is 5.57. The number of esters is 1. The zero-order valence-corrected chi connectivity index (χ0v) is 15.4. The first-order valence-corrected chi connectivity index (χ1v) is 9.48. The van der Waals surface area contributed by atoms with Crippen molar-refractivity contribution in [3.05, 3.63) is 48.2 Å². The molecule has 1 fully saturated rings. The Morgan fingerprint density at radius 3 is 2.63 bits per heavy atom. The maximum atomic E-state index is 12.5. The van der Waals surface area contributed by atoms with Crippen LogP contribution in [0.2, 0.25) is 0 Å². The van der Waals surface area contributed by atoms with E-state index in [0.717, 1.165) is 55.1 Å². The van der Waals surface area contributed by atoms with Gasteiger partial charge in [0.15, 0.2) is 5.58 Å². The molecule has 140 valence electrons. The van der Waals surface area contributed by atoms with Crippen LogP contribution < -0.4 is 0 Å². The lowest BCUT2D eigenvalue weighted by Crippen LogP contribution is -2.49. The Morgan fingerprint density at radius 2 is 1.85 bits per heavy atom. The molecule has 0 radical (unpaired) electrons. The summed E-state index contributed by atoms with van der Waals surface area (Å²) < 4.78 is 13.8. The van der Waals surface area contributed by atoms with E-state index in [9.17, 15) is 4.79 Å².